The number of ketones is 1. The third-order valence-electron chi connectivity index (χ3n) is 3.53. The molecule has 0 fully saturated rings. The molecule has 0 amide bonds. The molecule has 0 saturated carbocycles. The van der Waals surface area contributed by atoms with Gasteiger partial charge in [0.05, 0.1) is 5.02 Å². The zero-order valence-electron chi connectivity index (χ0n) is 11.5. The first-order chi connectivity index (χ1) is 9.52. The summed E-state index contributed by atoms with van der Waals surface area (Å²) in [6, 6.07) is 11.3. The maximum absolute atomic E-state index is 13.0. The van der Waals surface area contributed by atoms with Gasteiger partial charge in [0.15, 0.2) is 5.78 Å². The molecular weight excluding hydrogens is 275 g/mol. The summed E-state index contributed by atoms with van der Waals surface area (Å²) in [5, 5.41) is 0.140. The number of hydrogen-bond donors (Lipinski definition) is 0. The van der Waals surface area contributed by atoms with E-state index in [4.69, 9.17) is 11.6 Å². The van der Waals surface area contributed by atoms with E-state index in [1.54, 1.807) is 12.1 Å². The lowest BCUT2D eigenvalue weighted by Gasteiger charge is -2.10. The molecular formula is C17H16ClFO. The molecule has 0 bridgehead atoms. The topological polar surface area (TPSA) is 17.1 Å². The molecule has 0 aliphatic carbocycles. The average Bonchev–Trinajstić information content (AvgIpc) is 2.46. The lowest BCUT2D eigenvalue weighted by Crippen LogP contribution is -2.03. The average molecular weight is 291 g/mol. The summed E-state index contributed by atoms with van der Waals surface area (Å²) in [7, 11) is 0. The van der Waals surface area contributed by atoms with Crippen molar-refractivity contribution in [1.29, 1.82) is 0 Å². The van der Waals surface area contributed by atoms with E-state index >= 15 is 0 Å². The third-order valence-corrected chi connectivity index (χ3v) is 3.84. The van der Waals surface area contributed by atoms with Crippen molar-refractivity contribution in [3.05, 3.63) is 70.0 Å². The first kappa shape index (κ1) is 14.7. The van der Waals surface area contributed by atoms with Crippen LogP contribution in [0.2, 0.25) is 5.02 Å². The first-order valence-corrected chi connectivity index (χ1v) is 7.00. The van der Waals surface area contributed by atoms with Gasteiger partial charge in [-0.3, -0.25) is 4.79 Å². The van der Waals surface area contributed by atoms with Crippen molar-refractivity contribution in [2.45, 2.75) is 26.2 Å². The highest BCUT2D eigenvalue weighted by atomic mass is 35.5. The maximum Gasteiger partial charge on any atom is 0.194 e. The normalized spacial score (nSPS) is 12.2. The van der Waals surface area contributed by atoms with Crippen LogP contribution in [0.3, 0.4) is 0 Å². The molecule has 1 unspecified atom stereocenters. The number of rotatable bonds is 4. The quantitative estimate of drug-likeness (QED) is 0.705. The Morgan fingerprint density at radius 3 is 2.40 bits per heavy atom. The zero-order valence-corrected chi connectivity index (χ0v) is 12.2. The fourth-order valence-corrected chi connectivity index (χ4v) is 2.28. The van der Waals surface area contributed by atoms with Gasteiger partial charge in [-0.25, -0.2) is 4.39 Å². The second kappa shape index (κ2) is 6.19. The van der Waals surface area contributed by atoms with Crippen LogP contribution in [0.15, 0.2) is 42.5 Å². The smallest absolute Gasteiger partial charge is 0.194 e. The standard InChI is InChI=1S/C17H16ClFO/c1-3-11(2)12-4-6-13(7-5-12)17(20)15-9-8-14(19)10-16(15)18/h4-11H,3H2,1-2H3. The van der Waals surface area contributed by atoms with Crippen LogP contribution >= 0.6 is 11.6 Å². The first-order valence-electron chi connectivity index (χ1n) is 6.62. The summed E-state index contributed by atoms with van der Waals surface area (Å²) < 4.78 is 13.0. The van der Waals surface area contributed by atoms with Crippen molar-refractivity contribution in [1.82, 2.24) is 0 Å². The lowest BCUT2D eigenvalue weighted by atomic mass is 9.95. The van der Waals surface area contributed by atoms with Gasteiger partial charge in [-0.15, -0.1) is 0 Å². The fraction of sp³-hybridized carbons (Fsp3) is 0.235. The van der Waals surface area contributed by atoms with Crippen LogP contribution in [0.4, 0.5) is 4.39 Å². The minimum Gasteiger partial charge on any atom is -0.289 e. The predicted molar refractivity (Wildman–Crippen MR) is 80.0 cm³/mol. The number of carbonyl (C=O) groups excluding carboxylic acids is 1. The van der Waals surface area contributed by atoms with Crippen molar-refractivity contribution in [3.8, 4) is 0 Å². The molecule has 1 nitrogen and oxygen atoms in total. The van der Waals surface area contributed by atoms with Gasteiger partial charge in [-0.1, -0.05) is 49.7 Å². The van der Waals surface area contributed by atoms with Gasteiger partial charge in [0.25, 0.3) is 0 Å². The Bertz CT molecular complexity index is 619. The fourth-order valence-electron chi connectivity index (χ4n) is 2.03. The molecule has 2 aromatic rings. The highest BCUT2D eigenvalue weighted by Crippen LogP contribution is 2.23. The van der Waals surface area contributed by atoms with Crippen LogP contribution in [-0.2, 0) is 0 Å². The molecule has 0 spiro atoms. The number of benzene rings is 2. The Hall–Kier alpha value is -1.67. The van der Waals surface area contributed by atoms with Crippen LogP contribution in [0.1, 0.15) is 47.7 Å². The molecule has 0 aliphatic rings. The SMILES string of the molecule is CCC(C)c1ccc(C(=O)c2ccc(F)cc2Cl)cc1. The summed E-state index contributed by atoms with van der Waals surface area (Å²) in [6.07, 6.45) is 1.05. The predicted octanol–water partition coefficient (Wildman–Crippen LogP) is 5.22. The van der Waals surface area contributed by atoms with E-state index in [1.807, 2.05) is 12.1 Å². The number of carbonyl (C=O) groups is 1. The summed E-state index contributed by atoms with van der Waals surface area (Å²) in [5.41, 5.74) is 2.09. The van der Waals surface area contributed by atoms with Crippen LogP contribution in [0, 0.1) is 5.82 Å². The van der Waals surface area contributed by atoms with E-state index < -0.39 is 5.82 Å². The van der Waals surface area contributed by atoms with Crippen LogP contribution in [0.25, 0.3) is 0 Å². The van der Waals surface area contributed by atoms with Crippen molar-refractivity contribution < 1.29 is 9.18 Å². The third kappa shape index (κ3) is 3.07. The van der Waals surface area contributed by atoms with Crippen LogP contribution in [-0.4, -0.2) is 5.78 Å². The summed E-state index contributed by atoms with van der Waals surface area (Å²) >= 11 is 5.92. The van der Waals surface area contributed by atoms with Crippen molar-refractivity contribution >= 4 is 17.4 Å². The highest BCUT2D eigenvalue weighted by molar-refractivity contribution is 6.35. The molecule has 0 N–H and O–H groups in total. The van der Waals surface area contributed by atoms with Crippen molar-refractivity contribution in [2.75, 3.05) is 0 Å². The summed E-state index contributed by atoms with van der Waals surface area (Å²) in [4.78, 5) is 12.3. The molecule has 20 heavy (non-hydrogen) atoms. The summed E-state index contributed by atoms with van der Waals surface area (Å²) in [6.45, 7) is 4.27. The van der Waals surface area contributed by atoms with Gasteiger partial charge in [0.2, 0.25) is 0 Å². The van der Waals surface area contributed by atoms with Gasteiger partial charge in [-0.05, 0) is 36.1 Å². The Labute approximate surface area is 123 Å². The highest BCUT2D eigenvalue weighted by Gasteiger charge is 2.14. The summed E-state index contributed by atoms with van der Waals surface area (Å²) in [5.74, 6) is -0.169. The molecule has 1 atom stereocenters. The minimum absolute atomic E-state index is 0.140. The van der Waals surface area contributed by atoms with Crippen LogP contribution < -0.4 is 0 Å². The molecule has 0 radical (unpaired) electrons. The molecule has 2 rings (SSSR count). The second-order valence-electron chi connectivity index (χ2n) is 4.88. The minimum atomic E-state index is -0.446. The van der Waals surface area contributed by atoms with Gasteiger partial charge >= 0.3 is 0 Å². The van der Waals surface area contributed by atoms with Gasteiger partial charge < -0.3 is 0 Å². The monoisotopic (exact) mass is 290 g/mol. The number of halogens is 2. The molecule has 0 aliphatic heterocycles. The molecule has 2 aromatic carbocycles. The van der Waals surface area contributed by atoms with Crippen LogP contribution in [0.5, 0.6) is 0 Å². The van der Waals surface area contributed by atoms with E-state index in [1.165, 1.54) is 17.7 Å². The van der Waals surface area contributed by atoms with Gasteiger partial charge in [0.1, 0.15) is 5.82 Å². The molecule has 0 saturated heterocycles. The van der Waals surface area contributed by atoms with Crippen molar-refractivity contribution in [2.24, 2.45) is 0 Å². The number of hydrogen-bond acceptors (Lipinski definition) is 1. The zero-order chi connectivity index (χ0) is 14.7. The van der Waals surface area contributed by atoms with Gasteiger partial charge in [0, 0.05) is 11.1 Å². The molecule has 0 aromatic heterocycles. The Kier molecular flexibility index (Phi) is 4.56. The molecule has 0 heterocycles. The largest absolute Gasteiger partial charge is 0.289 e. The molecule has 104 valence electrons. The van der Waals surface area contributed by atoms with E-state index in [9.17, 15) is 9.18 Å². The van der Waals surface area contributed by atoms with E-state index in [0.717, 1.165) is 12.5 Å². The second-order valence-corrected chi connectivity index (χ2v) is 5.29. The van der Waals surface area contributed by atoms with E-state index in [2.05, 4.69) is 13.8 Å². The Morgan fingerprint density at radius 1 is 1.20 bits per heavy atom. The van der Waals surface area contributed by atoms with E-state index in [-0.39, 0.29) is 10.8 Å². The van der Waals surface area contributed by atoms with E-state index in [0.29, 0.717) is 17.0 Å². The maximum atomic E-state index is 13.0. The molecule has 3 heteroatoms. The Balaban J connectivity index is 2.29. The van der Waals surface area contributed by atoms with Gasteiger partial charge in [-0.2, -0.15) is 0 Å². The Morgan fingerprint density at radius 2 is 1.85 bits per heavy atom. The van der Waals surface area contributed by atoms with Crippen molar-refractivity contribution in [3.63, 3.8) is 0 Å². The lowest BCUT2D eigenvalue weighted by molar-refractivity contribution is 0.103.